The molecule has 3 fully saturated rings. The van der Waals surface area contributed by atoms with Crippen LogP contribution in [0.3, 0.4) is 0 Å². The molecule has 2 saturated carbocycles. The van der Waals surface area contributed by atoms with Crippen LogP contribution >= 0.6 is 11.9 Å². The Hall–Kier alpha value is 0.310. The van der Waals surface area contributed by atoms with Crippen LogP contribution in [0.1, 0.15) is 12.8 Å². The Labute approximate surface area is 59.9 Å². The molecular weight excluding hydrogens is 130 g/mol. The van der Waals surface area contributed by atoms with Crippen LogP contribution in [0, 0.1) is 11.8 Å². The first kappa shape index (κ1) is 5.03. The highest BCUT2D eigenvalue weighted by Crippen LogP contribution is 2.65. The molecule has 50 valence electrons. The van der Waals surface area contributed by atoms with E-state index in [4.69, 9.17) is 0 Å². The van der Waals surface area contributed by atoms with E-state index in [1.807, 2.05) is 0 Å². The van der Waals surface area contributed by atoms with E-state index in [9.17, 15) is 0 Å². The van der Waals surface area contributed by atoms with E-state index in [0.29, 0.717) is 0 Å². The molecule has 0 amide bonds. The monoisotopic (exact) mass is 141 g/mol. The SMILES string of the molecule is CN1SC2C(C3CC3)C21. The molecule has 2 heteroatoms. The van der Waals surface area contributed by atoms with Crippen LogP contribution in [0.25, 0.3) is 0 Å². The van der Waals surface area contributed by atoms with Gasteiger partial charge in [0.15, 0.2) is 0 Å². The average Bonchev–Trinajstić information content (AvgIpc) is 2.55. The maximum atomic E-state index is 2.44. The molecule has 0 radical (unpaired) electrons. The molecule has 0 bridgehead atoms. The van der Waals surface area contributed by atoms with E-state index < -0.39 is 0 Å². The first-order valence-corrected chi connectivity index (χ1v) is 4.61. The minimum atomic E-state index is 1.02. The van der Waals surface area contributed by atoms with Crippen LogP contribution in [0.2, 0.25) is 0 Å². The lowest BCUT2D eigenvalue weighted by Gasteiger charge is -2.22. The number of fused-ring (bicyclic) bond motifs is 1. The van der Waals surface area contributed by atoms with E-state index in [1.165, 1.54) is 12.8 Å². The van der Waals surface area contributed by atoms with Crippen molar-refractivity contribution in [2.75, 3.05) is 7.05 Å². The Bertz CT molecular complexity index is 155. The fraction of sp³-hybridized carbons (Fsp3) is 1.00. The predicted octanol–water partition coefficient (Wildman–Crippen LogP) is 1.36. The van der Waals surface area contributed by atoms with E-state index in [1.54, 1.807) is 0 Å². The third kappa shape index (κ3) is 0.517. The third-order valence-electron chi connectivity index (χ3n) is 2.84. The number of hydrogen-bond donors (Lipinski definition) is 0. The summed E-state index contributed by atoms with van der Waals surface area (Å²) >= 11 is 2.07. The van der Waals surface area contributed by atoms with Crippen molar-refractivity contribution in [1.82, 2.24) is 4.31 Å². The van der Waals surface area contributed by atoms with Crippen molar-refractivity contribution in [3.8, 4) is 0 Å². The first-order chi connectivity index (χ1) is 4.38. The average molecular weight is 141 g/mol. The lowest BCUT2D eigenvalue weighted by molar-refractivity contribution is 0.488. The Balaban J connectivity index is 1.73. The zero-order chi connectivity index (χ0) is 6.01. The molecule has 0 aromatic carbocycles. The second-order valence-electron chi connectivity index (χ2n) is 3.52. The van der Waals surface area contributed by atoms with Crippen LogP contribution in [-0.4, -0.2) is 22.6 Å². The fourth-order valence-corrected chi connectivity index (χ4v) is 3.62. The molecule has 0 aromatic heterocycles. The summed E-state index contributed by atoms with van der Waals surface area (Å²) in [5.74, 6) is 2.28. The summed E-state index contributed by atoms with van der Waals surface area (Å²) in [5, 5.41) is 1.07. The summed E-state index contributed by atoms with van der Waals surface area (Å²) < 4.78 is 2.44. The van der Waals surface area contributed by atoms with Gasteiger partial charge in [0.2, 0.25) is 0 Å². The van der Waals surface area contributed by atoms with Gasteiger partial charge in [-0.3, -0.25) is 0 Å². The van der Waals surface area contributed by atoms with Crippen LogP contribution in [-0.2, 0) is 0 Å². The smallest absolute Gasteiger partial charge is 0.0409 e. The molecule has 2 aliphatic carbocycles. The Morgan fingerprint density at radius 3 is 2.56 bits per heavy atom. The van der Waals surface area contributed by atoms with Crippen molar-refractivity contribution < 1.29 is 0 Å². The van der Waals surface area contributed by atoms with Gasteiger partial charge in [0.05, 0.1) is 0 Å². The van der Waals surface area contributed by atoms with Gasteiger partial charge in [-0.05, 0) is 31.7 Å². The van der Waals surface area contributed by atoms with Crippen molar-refractivity contribution in [2.24, 2.45) is 11.8 Å². The van der Waals surface area contributed by atoms with Gasteiger partial charge in [-0.25, -0.2) is 4.31 Å². The summed E-state index contributed by atoms with van der Waals surface area (Å²) in [6.07, 6.45) is 3.07. The maximum absolute atomic E-state index is 2.44. The molecular formula is C7H11NS. The van der Waals surface area contributed by atoms with E-state index in [-0.39, 0.29) is 0 Å². The van der Waals surface area contributed by atoms with Gasteiger partial charge < -0.3 is 0 Å². The highest BCUT2D eigenvalue weighted by molar-refractivity contribution is 7.99. The van der Waals surface area contributed by atoms with Crippen molar-refractivity contribution in [2.45, 2.75) is 24.1 Å². The Kier molecular flexibility index (Phi) is 0.740. The Morgan fingerprint density at radius 2 is 2.22 bits per heavy atom. The lowest BCUT2D eigenvalue weighted by Crippen LogP contribution is -2.24. The molecule has 1 saturated heterocycles. The standard InChI is InChI=1S/C7H11NS/c1-8-6-5(4-2-3-4)7(6)9-8/h4-7H,2-3H2,1H3. The summed E-state index contributed by atoms with van der Waals surface area (Å²) in [4.78, 5) is 0. The summed E-state index contributed by atoms with van der Waals surface area (Å²) in [7, 11) is 2.23. The van der Waals surface area contributed by atoms with E-state index in [2.05, 4.69) is 23.3 Å². The molecule has 1 aliphatic heterocycles. The molecule has 3 aliphatic rings. The first-order valence-electron chi connectivity index (χ1n) is 3.77. The van der Waals surface area contributed by atoms with Crippen LogP contribution in [0.4, 0.5) is 0 Å². The highest BCUT2D eigenvalue weighted by Gasteiger charge is 2.66. The van der Waals surface area contributed by atoms with Gasteiger partial charge in [0.1, 0.15) is 0 Å². The number of nitrogens with zero attached hydrogens (tertiary/aromatic N) is 1. The molecule has 0 N–H and O–H groups in total. The Morgan fingerprint density at radius 1 is 1.44 bits per heavy atom. The summed E-state index contributed by atoms with van der Waals surface area (Å²) in [6, 6.07) is 1.02. The normalized spacial score (nSPS) is 56.3. The summed E-state index contributed by atoms with van der Waals surface area (Å²) in [6.45, 7) is 0. The van der Waals surface area contributed by atoms with E-state index in [0.717, 1.165) is 23.1 Å². The molecule has 0 aromatic rings. The van der Waals surface area contributed by atoms with Gasteiger partial charge in [0, 0.05) is 11.3 Å². The quantitative estimate of drug-likeness (QED) is 0.507. The van der Waals surface area contributed by atoms with Gasteiger partial charge in [-0.15, -0.1) is 0 Å². The van der Waals surface area contributed by atoms with Crippen molar-refractivity contribution in [3.05, 3.63) is 0 Å². The van der Waals surface area contributed by atoms with Gasteiger partial charge in [0.25, 0.3) is 0 Å². The zero-order valence-corrected chi connectivity index (χ0v) is 6.40. The van der Waals surface area contributed by atoms with Crippen molar-refractivity contribution in [1.29, 1.82) is 0 Å². The number of rotatable bonds is 1. The summed E-state index contributed by atoms with van der Waals surface area (Å²) in [5.41, 5.74) is 0. The van der Waals surface area contributed by atoms with E-state index >= 15 is 0 Å². The zero-order valence-electron chi connectivity index (χ0n) is 5.58. The molecule has 3 rings (SSSR count). The van der Waals surface area contributed by atoms with Gasteiger partial charge in [-0.1, -0.05) is 11.9 Å². The molecule has 3 atom stereocenters. The minimum Gasteiger partial charge on any atom is -0.249 e. The second-order valence-corrected chi connectivity index (χ2v) is 4.85. The van der Waals surface area contributed by atoms with Crippen LogP contribution in [0.15, 0.2) is 0 Å². The molecule has 1 nitrogen and oxygen atoms in total. The van der Waals surface area contributed by atoms with Crippen molar-refractivity contribution in [3.63, 3.8) is 0 Å². The minimum absolute atomic E-state index is 1.02. The topological polar surface area (TPSA) is 3.24 Å². The largest absolute Gasteiger partial charge is 0.249 e. The van der Waals surface area contributed by atoms with Gasteiger partial charge >= 0.3 is 0 Å². The van der Waals surface area contributed by atoms with Crippen LogP contribution < -0.4 is 0 Å². The predicted molar refractivity (Wildman–Crippen MR) is 39.1 cm³/mol. The molecule has 9 heavy (non-hydrogen) atoms. The van der Waals surface area contributed by atoms with Crippen molar-refractivity contribution >= 4 is 11.9 Å². The third-order valence-corrected chi connectivity index (χ3v) is 4.26. The molecule has 1 heterocycles. The fourth-order valence-electron chi connectivity index (χ4n) is 2.10. The molecule has 3 unspecified atom stereocenters. The second kappa shape index (κ2) is 1.32. The number of hydrogen-bond acceptors (Lipinski definition) is 2. The van der Waals surface area contributed by atoms with Crippen LogP contribution in [0.5, 0.6) is 0 Å². The van der Waals surface area contributed by atoms with Gasteiger partial charge in [-0.2, -0.15) is 0 Å². The molecule has 0 spiro atoms. The maximum Gasteiger partial charge on any atom is 0.0409 e. The highest BCUT2D eigenvalue weighted by atomic mass is 32.2. The lowest BCUT2D eigenvalue weighted by atomic mass is 10.3.